The second-order valence-electron chi connectivity index (χ2n) is 6.13. The zero-order chi connectivity index (χ0) is 14.1. The van der Waals surface area contributed by atoms with Gasteiger partial charge >= 0.3 is 0 Å². The monoisotopic (exact) mass is 274 g/mol. The number of nitrogens with one attached hydrogen (secondary N) is 1. The quantitative estimate of drug-likeness (QED) is 0.905. The molecule has 2 aliphatic rings. The van der Waals surface area contributed by atoms with Gasteiger partial charge in [-0.25, -0.2) is 9.97 Å². The Morgan fingerprint density at radius 1 is 1.40 bits per heavy atom. The van der Waals surface area contributed by atoms with Crippen molar-refractivity contribution in [2.75, 3.05) is 13.1 Å². The summed E-state index contributed by atoms with van der Waals surface area (Å²) in [5.41, 5.74) is 1.01. The van der Waals surface area contributed by atoms with E-state index in [9.17, 15) is 4.79 Å². The van der Waals surface area contributed by atoms with E-state index in [2.05, 4.69) is 34.0 Å². The molecule has 1 N–H and O–H groups in total. The van der Waals surface area contributed by atoms with E-state index in [0.29, 0.717) is 17.8 Å². The molecule has 1 saturated carbocycles. The molecule has 108 valence electrons. The number of rotatable bonds is 4. The largest absolute Gasteiger partial charge is 0.345 e. The first-order chi connectivity index (χ1) is 9.63. The molecule has 3 rings (SSSR count). The van der Waals surface area contributed by atoms with Crippen LogP contribution < -0.4 is 5.32 Å². The number of carbonyl (C=O) groups is 1. The molecule has 1 aromatic rings. The van der Waals surface area contributed by atoms with Gasteiger partial charge in [0.1, 0.15) is 0 Å². The van der Waals surface area contributed by atoms with Crippen molar-refractivity contribution < 1.29 is 4.79 Å². The van der Waals surface area contributed by atoms with Crippen LogP contribution in [0.3, 0.4) is 0 Å². The molecule has 0 spiro atoms. The average molecular weight is 274 g/mol. The highest BCUT2D eigenvalue weighted by molar-refractivity contribution is 5.90. The molecule has 1 aromatic heterocycles. The van der Waals surface area contributed by atoms with Crippen molar-refractivity contribution in [3.63, 3.8) is 0 Å². The Kier molecular flexibility index (Phi) is 3.70. The number of aromatic nitrogens is 2. The third-order valence-corrected chi connectivity index (χ3v) is 4.16. The van der Waals surface area contributed by atoms with Gasteiger partial charge in [-0.2, -0.15) is 0 Å². The van der Waals surface area contributed by atoms with Crippen LogP contribution in [0.1, 0.15) is 55.3 Å². The van der Waals surface area contributed by atoms with Crippen molar-refractivity contribution in [2.24, 2.45) is 0 Å². The SMILES string of the molecule is CC(C)N1CC[C@H](NC(=O)c2nccc(C3CC3)n2)C1. The Hall–Kier alpha value is -1.49. The lowest BCUT2D eigenvalue weighted by Gasteiger charge is -2.20. The van der Waals surface area contributed by atoms with Crippen molar-refractivity contribution in [2.45, 2.75) is 51.1 Å². The summed E-state index contributed by atoms with van der Waals surface area (Å²) in [6.07, 6.45) is 5.07. The maximum Gasteiger partial charge on any atom is 0.289 e. The molecular formula is C15H22N4O. The van der Waals surface area contributed by atoms with E-state index < -0.39 is 0 Å². The van der Waals surface area contributed by atoms with E-state index in [-0.39, 0.29) is 11.9 Å². The number of hydrogen-bond acceptors (Lipinski definition) is 4. The molecule has 1 amide bonds. The van der Waals surface area contributed by atoms with E-state index in [1.807, 2.05) is 6.07 Å². The van der Waals surface area contributed by atoms with Crippen molar-refractivity contribution >= 4 is 5.91 Å². The third-order valence-electron chi connectivity index (χ3n) is 4.16. The van der Waals surface area contributed by atoms with Gasteiger partial charge in [0.25, 0.3) is 5.91 Å². The third kappa shape index (κ3) is 2.98. The van der Waals surface area contributed by atoms with Gasteiger partial charge in [-0.05, 0) is 39.2 Å². The molecule has 1 atom stereocenters. The summed E-state index contributed by atoms with van der Waals surface area (Å²) in [5.74, 6) is 0.730. The molecule has 1 saturated heterocycles. The number of hydrogen-bond donors (Lipinski definition) is 1. The minimum Gasteiger partial charge on any atom is -0.345 e. The fourth-order valence-corrected chi connectivity index (χ4v) is 2.71. The molecule has 2 heterocycles. The summed E-state index contributed by atoms with van der Waals surface area (Å²) < 4.78 is 0. The van der Waals surface area contributed by atoms with Crippen LogP contribution in [0.25, 0.3) is 0 Å². The smallest absolute Gasteiger partial charge is 0.289 e. The maximum atomic E-state index is 12.2. The maximum absolute atomic E-state index is 12.2. The van der Waals surface area contributed by atoms with E-state index in [1.165, 1.54) is 12.8 Å². The molecule has 20 heavy (non-hydrogen) atoms. The number of amides is 1. The Morgan fingerprint density at radius 2 is 2.20 bits per heavy atom. The highest BCUT2D eigenvalue weighted by Crippen LogP contribution is 2.38. The zero-order valence-corrected chi connectivity index (χ0v) is 12.2. The van der Waals surface area contributed by atoms with Gasteiger partial charge in [-0.1, -0.05) is 0 Å². The lowest BCUT2D eigenvalue weighted by Crippen LogP contribution is -2.39. The molecule has 5 heteroatoms. The van der Waals surface area contributed by atoms with Crippen molar-refractivity contribution in [1.29, 1.82) is 0 Å². The second-order valence-corrected chi connectivity index (χ2v) is 6.13. The molecule has 0 aromatic carbocycles. The molecule has 1 aliphatic carbocycles. The lowest BCUT2D eigenvalue weighted by molar-refractivity contribution is 0.0926. The summed E-state index contributed by atoms with van der Waals surface area (Å²) in [6.45, 7) is 6.34. The van der Waals surface area contributed by atoms with Crippen LogP contribution in [0.15, 0.2) is 12.3 Å². The summed E-state index contributed by atoms with van der Waals surface area (Å²) >= 11 is 0. The first-order valence-electron chi connectivity index (χ1n) is 7.51. The Bertz CT molecular complexity index is 498. The van der Waals surface area contributed by atoms with Crippen LogP contribution in [0.2, 0.25) is 0 Å². The normalized spacial score (nSPS) is 23.2. The van der Waals surface area contributed by atoms with Crippen molar-refractivity contribution in [1.82, 2.24) is 20.2 Å². The molecule has 0 unspecified atom stereocenters. The van der Waals surface area contributed by atoms with Gasteiger partial charge in [0.05, 0.1) is 0 Å². The van der Waals surface area contributed by atoms with E-state index in [4.69, 9.17) is 0 Å². The zero-order valence-electron chi connectivity index (χ0n) is 12.2. The van der Waals surface area contributed by atoms with E-state index >= 15 is 0 Å². The van der Waals surface area contributed by atoms with Gasteiger partial charge in [-0.15, -0.1) is 0 Å². The van der Waals surface area contributed by atoms with Crippen LogP contribution >= 0.6 is 0 Å². The second kappa shape index (κ2) is 5.48. The first kappa shape index (κ1) is 13.5. The minimum atomic E-state index is -0.136. The predicted octanol–water partition coefficient (Wildman–Crippen LogP) is 1.57. The van der Waals surface area contributed by atoms with Gasteiger partial charge in [-0.3, -0.25) is 9.69 Å². The average Bonchev–Trinajstić information content (AvgIpc) is 3.19. The van der Waals surface area contributed by atoms with Gasteiger partial charge in [0.2, 0.25) is 5.82 Å². The summed E-state index contributed by atoms with van der Waals surface area (Å²) in [6, 6.07) is 2.68. The molecule has 1 aliphatic heterocycles. The summed E-state index contributed by atoms with van der Waals surface area (Å²) in [5, 5.41) is 3.06. The van der Waals surface area contributed by atoms with E-state index in [0.717, 1.165) is 25.2 Å². The number of nitrogens with zero attached hydrogens (tertiary/aromatic N) is 3. The summed E-state index contributed by atoms with van der Waals surface area (Å²) in [4.78, 5) is 23.1. The van der Waals surface area contributed by atoms with Crippen LogP contribution in [0, 0.1) is 0 Å². The van der Waals surface area contributed by atoms with Gasteiger partial charge in [0, 0.05) is 43.0 Å². The molecule has 2 fully saturated rings. The Labute approximate surface area is 119 Å². The first-order valence-corrected chi connectivity index (χ1v) is 7.51. The van der Waals surface area contributed by atoms with Crippen LogP contribution in [-0.4, -0.2) is 45.9 Å². The molecule has 0 radical (unpaired) electrons. The molecule has 5 nitrogen and oxygen atoms in total. The standard InChI is InChI=1S/C15H22N4O/c1-10(2)19-8-6-12(9-19)17-15(20)14-16-7-5-13(18-14)11-3-4-11/h5,7,10-12H,3-4,6,8-9H2,1-2H3,(H,17,20)/t12-/m0/s1. The fraction of sp³-hybridized carbons (Fsp3) is 0.667. The Morgan fingerprint density at radius 3 is 2.85 bits per heavy atom. The number of carbonyl (C=O) groups excluding carboxylic acids is 1. The highest BCUT2D eigenvalue weighted by atomic mass is 16.2. The van der Waals surface area contributed by atoms with Crippen LogP contribution in [-0.2, 0) is 0 Å². The van der Waals surface area contributed by atoms with Crippen LogP contribution in [0.5, 0.6) is 0 Å². The topological polar surface area (TPSA) is 58.1 Å². The van der Waals surface area contributed by atoms with Crippen molar-refractivity contribution in [3.05, 3.63) is 23.8 Å². The van der Waals surface area contributed by atoms with Gasteiger partial charge in [0.15, 0.2) is 0 Å². The fourth-order valence-electron chi connectivity index (χ4n) is 2.71. The lowest BCUT2D eigenvalue weighted by atomic mass is 10.2. The highest BCUT2D eigenvalue weighted by Gasteiger charge is 2.28. The minimum absolute atomic E-state index is 0.136. The van der Waals surface area contributed by atoms with Crippen LogP contribution in [0.4, 0.5) is 0 Å². The van der Waals surface area contributed by atoms with Gasteiger partial charge < -0.3 is 5.32 Å². The van der Waals surface area contributed by atoms with E-state index in [1.54, 1.807) is 6.20 Å². The Balaban J connectivity index is 1.60. The predicted molar refractivity (Wildman–Crippen MR) is 76.6 cm³/mol. The molecule has 0 bridgehead atoms. The summed E-state index contributed by atoms with van der Waals surface area (Å²) in [7, 11) is 0. The number of likely N-dealkylation sites (tertiary alicyclic amines) is 1. The van der Waals surface area contributed by atoms with Crippen molar-refractivity contribution in [3.8, 4) is 0 Å². The molecular weight excluding hydrogens is 252 g/mol.